The molecule has 0 spiro atoms. The molecule has 1 amide bonds. The fourth-order valence-electron chi connectivity index (χ4n) is 2.67. The monoisotopic (exact) mass is 319 g/mol. The lowest BCUT2D eigenvalue weighted by Crippen LogP contribution is -2.43. The van der Waals surface area contributed by atoms with E-state index in [1.54, 1.807) is 6.92 Å². The van der Waals surface area contributed by atoms with E-state index in [2.05, 4.69) is 5.32 Å². The zero-order valence-corrected chi connectivity index (χ0v) is 14.0. The maximum absolute atomic E-state index is 12.2. The highest BCUT2D eigenvalue weighted by atomic mass is 32.2. The molecule has 1 N–H and O–H groups in total. The van der Waals surface area contributed by atoms with Crippen molar-refractivity contribution in [2.45, 2.75) is 50.3 Å². The molecule has 1 fully saturated rings. The summed E-state index contributed by atoms with van der Waals surface area (Å²) in [6.45, 7) is 1.75. The molecule has 1 aliphatic rings. The number of carbonyl (C=O) groups excluding carboxylic acids is 1. The highest BCUT2D eigenvalue weighted by molar-refractivity contribution is 7.86. The Morgan fingerprint density at radius 1 is 1.27 bits per heavy atom. The molecule has 0 saturated heterocycles. The van der Waals surface area contributed by atoms with Crippen LogP contribution in [0.2, 0.25) is 0 Å². The zero-order valence-electron chi connectivity index (χ0n) is 13.2. The quantitative estimate of drug-likeness (QED) is 0.874. The van der Waals surface area contributed by atoms with Gasteiger partial charge in [0.2, 0.25) is 5.91 Å². The molecule has 1 aliphatic carbocycles. The molecule has 4 heteroatoms. The molecule has 1 aromatic rings. The van der Waals surface area contributed by atoms with Crippen LogP contribution in [0.1, 0.15) is 44.6 Å². The minimum atomic E-state index is -1.17. The minimum absolute atomic E-state index is 0.0710. The second-order valence-corrected chi connectivity index (χ2v) is 7.65. The van der Waals surface area contributed by atoms with Crippen molar-refractivity contribution in [3.05, 3.63) is 42.0 Å². The summed E-state index contributed by atoms with van der Waals surface area (Å²) in [7, 11) is -1.17. The van der Waals surface area contributed by atoms with E-state index >= 15 is 0 Å². The van der Waals surface area contributed by atoms with Crippen molar-refractivity contribution in [1.29, 1.82) is 0 Å². The molecule has 120 valence electrons. The average Bonchev–Trinajstić information content (AvgIpc) is 2.56. The fourth-order valence-corrected chi connectivity index (χ4v) is 3.55. The van der Waals surface area contributed by atoms with Crippen molar-refractivity contribution < 1.29 is 9.00 Å². The first-order valence-electron chi connectivity index (χ1n) is 8.06. The molecule has 2 unspecified atom stereocenters. The summed E-state index contributed by atoms with van der Waals surface area (Å²) in [5.74, 6) is 0.340. The Balaban J connectivity index is 1.78. The summed E-state index contributed by atoms with van der Waals surface area (Å²) in [6.07, 6.45) is 9.57. The van der Waals surface area contributed by atoms with Gasteiger partial charge in [-0.05, 0) is 25.3 Å². The number of amides is 1. The van der Waals surface area contributed by atoms with Crippen molar-refractivity contribution >= 4 is 22.8 Å². The molecular weight excluding hydrogens is 294 g/mol. The van der Waals surface area contributed by atoms with Crippen molar-refractivity contribution in [3.8, 4) is 0 Å². The molecule has 22 heavy (non-hydrogen) atoms. The van der Waals surface area contributed by atoms with Gasteiger partial charge in [-0.2, -0.15) is 0 Å². The highest BCUT2D eigenvalue weighted by Gasteiger charge is 2.22. The first kappa shape index (κ1) is 16.9. The van der Waals surface area contributed by atoms with Gasteiger partial charge in [0.25, 0.3) is 0 Å². The maximum Gasteiger partial charge on any atom is 0.235 e. The van der Waals surface area contributed by atoms with E-state index in [9.17, 15) is 9.00 Å². The maximum atomic E-state index is 12.2. The number of hydrogen-bond donors (Lipinski definition) is 1. The molecule has 0 aromatic heterocycles. The van der Waals surface area contributed by atoms with Crippen LogP contribution in [0.4, 0.5) is 0 Å². The van der Waals surface area contributed by atoms with Gasteiger partial charge in [0, 0.05) is 22.6 Å². The molecule has 1 saturated carbocycles. The highest BCUT2D eigenvalue weighted by Crippen LogP contribution is 2.17. The van der Waals surface area contributed by atoms with E-state index in [0.717, 1.165) is 18.4 Å². The van der Waals surface area contributed by atoms with E-state index in [0.29, 0.717) is 5.75 Å². The molecule has 0 bridgehead atoms. The van der Waals surface area contributed by atoms with Crippen LogP contribution in [-0.2, 0) is 15.6 Å². The number of nitrogens with one attached hydrogen (secondary N) is 1. The predicted molar refractivity (Wildman–Crippen MR) is 93.0 cm³/mol. The van der Waals surface area contributed by atoms with Gasteiger partial charge < -0.3 is 5.32 Å². The Kier molecular flexibility index (Phi) is 6.84. The third kappa shape index (κ3) is 5.41. The van der Waals surface area contributed by atoms with Crippen LogP contribution in [0, 0.1) is 0 Å². The lowest BCUT2D eigenvalue weighted by Gasteiger charge is -2.24. The third-order valence-electron chi connectivity index (χ3n) is 4.09. The van der Waals surface area contributed by atoms with Gasteiger partial charge >= 0.3 is 0 Å². The van der Waals surface area contributed by atoms with Crippen LogP contribution >= 0.6 is 0 Å². The topological polar surface area (TPSA) is 46.2 Å². The number of hydrogen-bond acceptors (Lipinski definition) is 2. The Morgan fingerprint density at radius 2 is 1.95 bits per heavy atom. The van der Waals surface area contributed by atoms with Gasteiger partial charge in [0.1, 0.15) is 5.25 Å². The SMILES string of the molecule is CC(C(=O)NC1CCCCC1)S(=O)CC=Cc1ccccc1. The summed E-state index contributed by atoms with van der Waals surface area (Å²) in [5.41, 5.74) is 1.08. The number of carbonyl (C=O) groups is 1. The Labute approximate surface area is 135 Å². The summed E-state index contributed by atoms with van der Waals surface area (Å²) in [6, 6.07) is 10.2. The number of benzene rings is 1. The molecule has 0 radical (unpaired) electrons. The predicted octanol–water partition coefficient (Wildman–Crippen LogP) is 3.29. The van der Waals surface area contributed by atoms with Crippen LogP contribution < -0.4 is 5.32 Å². The average molecular weight is 319 g/mol. The summed E-state index contributed by atoms with van der Waals surface area (Å²) >= 11 is 0. The van der Waals surface area contributed by atoms with E-state index in [4.69, 9.17) is 0 Å². The first-order chi connectivity index (χ1) is 10.7. The van der Waals surface area contributed by atoms with Crippen molar-refractivity contribution in [1.82, 2.24) is 5.32 Å². The molecule has 2 rings (SSSR count). The van der Waals surface area contributed by atoms with Crippen molar-refractivity contribution in [2.24, 2.45) is 0 Å². The van der Waals surface area contributed by atoms with Crippen LogP contribution in [0.5, 0.6) is 0 Å². The molecule has 1 aromatic carbocycles. The molecule has 3 nitrogen and oxygen atoms in total. The first-order valence-corrected chi connectivity index (χ1v) is 9.44. The normalized spacial score (nSPS) is 19.0. The lowest BCUT2D eigenvalue weighted by molar-refractivity contribution is -0.121. The van der Waals surface area contributed by atoms with Gasteiger partial charge in [-0.15, -0.1) is 0 Å². The standard InChI is InChI=1S/C18H25NO2S/c1-15(18(20)19-17-12-6-3-7-13-17)22(21)14-8-11-16-9-4-2-5-10-16/h2,4-5,8-11,15,17H,3,6-7,12-14H2,1H3,(H,19,20). The van der Waals surface area contributed by atoms with Gasteiger partial charge in [0.15, 0.2) is 0 Å². The van der Waals surface area contributed by atoms with Crippen LogP contribution in [0.15, 0.2) is 36.4 Å². The summed E-state index contributed by atoms with van der Waals surface area (Å²) in [5, 5.41) is 2.60. The Morgan fingerprint density at radius 3 is 2.64 bits per heavy atom. The largest absolute Gasteiger partial charge is 0.352 e. The fraction of sp³-hybridized carbons (Fsp3) is 0.500. The van der Waals surface area contributed by atoms with Crippen LogP contribution in [0.3, 0.4) is 0 Å². The third-order valence-corrected chi connectivity index (χ3v) is 5.61. The van der Waals surface area contributed by atoms with Gasteiger partial charge in [-0.3, -0.25) is 9.00 Å². The van der Waals surface area contributed by atoms with E-state index < -0.39 is 16.0 Å². The molecule has 2 atom stereocenters. The number of rotatable bonds is 6. The minimum Gasteiger partial charge on any atom is -0.352 e. The van der Waals surface area contributed by atoms with Gasteiger partial charge in [0.05, 0.1) is 0 Å². The summed E-state index contributed by atoms with van der Waals surface area (Å²) in [4.78, 5) is 12.2. The molecular formula is C18H25NO2S. The smallest absolute Gasteiger partial charge is 0.235 e. The Bertz CT molecular complexity index is 521. The second kappa shape index (κ2) is 8.89. The van der Waals surface area contributed by atoms with E-state index in [-0.39, 0.29) is 11.9 Å². The molecule has 0 aliphatic heterocycles. The van der Waals surface area contributed by atoms with Crippen LogP contribution in [0.25, 0.3) is 6.08 Å². The van der Waals surface area contributed by atoms with Gasteiger partial charge in [-0.1, -0.05) is 61.7 Å². The van der Waals surface area contributed by atoms with Crippen LogP contribution in [-0.4, -0.2) is 27.2 Å². The molecule has 0 heterocycles. The van der Waals surface area contributed by atoms with Gasteiger partial charge in [-0.25, -0.2) is 0 Å². The van der Waals surface area contributed by atoms with Crippen molar-refractivity contribution in [2.75, 3.05) is 5.75 Å². The summed E-state index contributed by atoms with van der Waals surface area (Å²) < 4.78 is 12.2. The van der Waals surface area contributed by atoms with E-state index in [1.165, 1.54) is 19.3 Å². The lowest BCUT2D eigenvalue weighted by atomic mass is 9.95. The van der Waals surface area contributed by atoms with E-state index in [1.807, 2.05) is 42.5 Å². The Hall–Kier alpha value is -1.42. The van der Waals surface area contributed by atoms with Crippen molar-refractivity contribution in [3.63, 3.8) is 0 Å². The second-order valence-electron chi connectivity index (χ2n) is 5.85. The zero-order chi connectivity index (χ0) is 15.8.